The summed E-state index contributed by atoms with van der Waals surface area (Å²) in [5.74, 6) is -0.343. The molecule has 18 heavy (non-hydrogen) atoms. The maximum atomic E-state index is 11.8. The molecule has 0 N–H and O–H groups in total. The largest absolute Gasteiger partial charge is 0.454 e. The fraction of sp³-hybridized carbons (Fsp3) is 0.667. The van der Waals surface area contributed by atoms with Crippen molar-refractivity contribution in [2.45, 2.75) is 38.9 Å². The van der Waals surface area contributed by atoms with Crippen LogP contribution in [0.4, 0.5) is 4.79 Å². The monoisotopic (exact) mass is 255 g/mol. The Bertz CT molecular complexity index is 396. The predicted octanol–water partition coefficient (Wildman–Crippen LogP) is 1.41. The van der Waals surface area contributed by atoms with Gasteiger partial charge in [-0.15, -0.1) is 0 Å². The van der Waals surface area contributed by atoms with Crippen LogP contribution >= 0.6 is 0 Å². The molecule has 6 nitrogen and oxygen atoms in total. The Labute approximate surface area is 105 Å². The Hall–Kier alpha value is -1.56. The van der Waals surface area contributed by atoms with Crippen LogP contribution in [0.5, 0.6) is 0 Å². The quantitative estimate of drug-likeness (QED) is 0.612. The van der Waals surface area contributed by atoms with Gasteiger partial charge in [-0.1, -0.05) is 0 Å². The first-order chi connectivity index (χ1) is 8.35. The van der Waals surface area contributed by atoms with E-state index in [1.54, 1.807) is 20.8 Å². The molecule has 0 aromatic carbocycles. The van der Waals surface area contributed by atoms with Crippen LogP contribution in [0, 0.1) is 0 Å². The third-order valence-corrected chi connectivity index (χ3v) is 2.55. The SMILES string of the molecule is CC(C)(C)OC(=O)N1CCC2OC(=O)C=C2CO1. The number of hydrogen-bond donors (Lipinski definition) is 0. The molecule has 2 heterocycles. The van der Waals surface area contributed by atoms with E-state index in [0.717, 1.165) is 5.57 Å². The Balaban J connectivity index is 1.96. The van der Waals surface area contributed by atoms with Crippen molar-refractivity contribution in [2.24, 2.45) is 0 Å². The lowest BCUT2D eigenvalue weighted by atomic mass is 10.1. The van der Waals surface area contributed by atoms with Gasteiger partial charge in [-0.3, -0.25) is 4.84 Å². The van der Waals surface area contributed by atoms with Gasteiger partial charge in [-0.25, -0.2) is 9.59 Å². The van der Waals surface area contributed by atoms with Crippen LogP contribution in [0.2, 0.25) is 0 Å². The van der Waals surface area contributed by atoms with Gasteiger partial charge in [0.1, 0.15) is 18.3 Å². The standard InChI is InChI=1S/C12H17NO5/c1-12(2,3)18-11(15)13-5-4-9-8(7-16-13)6-10(14)17-9/h6,9H,4-5,7H2,1-3H3. The molecule has 0 aromatic rings. The molecule has 2 rings (SSSR count). The van der Waals surface area contributed by atoms with Crippen LogP contribution in [-0.4, -0.2) is 42.0 Å². The number of nitrogens with zero attached hydrogens (tertiary/aromatic N) is 1. The summed E-state index contributed by atoms with van der Waals surface area (Å²) in [7, 11) is 0. The lowest BCUT2D eigenvalue weighted by Crippen LogP contribution is -2.37. The zero-order chi connectivity index (χ0) is 13.3. The molecule has 6 heteroatoms. The second-order valence-corrected chi connectivity index (χ2v) is 5.29. The molecule has 1 fully saturated rings. The molecule has 0 saturated carbocycles. The van der Waals surface area contributed by atoms with E-state index >= 15 is 0 Å². The summed E-state index contributed by atoms with van der Waals surface area (Å²) in [4.78, 5) is 28.2. The molecular weight excluding hydrogens is 238 g/mol. The normalized spacial score (nSPS) is 23.9. The first-order valence-corrected chi connectivity index (χ1v) is 5.90. The average Bonchev–Trinajstić information content (AvgIpc) is 2.45. The summed E-state index contributed by atoms with van der Waals surface area (Å²) in [5.41, 5.74) is 0.208. The van der Waals surface area contributed by atoms with Gasteiger partial charge in [0.05, 0.1) is 6.54 Å². The lowest BCUT2D eigenvalue weighted by molar-refractivity contribution is -0.140. The number of rotatable bonds is 0. The molecular formula is C12H17NO5. The number of carbonyl (C=O) groups excluding carboxylic acids is 2. The van der Waals surface area contributed by atoms with Crippen LogP contribution in [-0.2, 0) is 19.1 Å². The van der Waals surface area contributed by atoms with Crippen LogP contribution in [0.25, 0.3) is 0 Å². The lowest BCUT2D eigenvalue weighted by Gasteiger charge is -2.25. The van der Waals surface area contributed by atoms with Gasteiger partial charge in [-0.2, -0.15) is 5.06 Å². The Morgan fingerprint density at radius 1 is 1.50 bits per heavy atom. The van der Waals surface area contributed by atoms with E-state index in [2.05, 4.69) is 0 Å². The molecule has 0 spiro atoms. The van der Waals surface area contributed by atoms with E-state index in [1.165, 1.54) is 11.1 Å². The van der Waals surface area contributed by atoms with Gasteiger partial charge in [0.15, 0.2) is 0 Å². The van der Waals surface area contributed by atoms with Crippen LogP contribution in [0.3, 0.4) is 0 Å². The zero-order valence-corrected chi connectivity index (χ0v) is 10.8. The van der Waals surface area contributed by atoms with Gasteiger partial charge in [0.2, 0.25) is 0 Å². The van der Waals surface area contributed by atoms with Gasteiger partial charge in [0, 0.05) is 18.1 Å². The van der Waals surface area contributed by atoms with E-state index in [4.69, 9.17) is 14.3 Å². The summed E-state index contributed by atoms with van der Waals surface area (Å²) >= 11 is 0. The number of ether oxygens (including phenoxy) is 2. The maximum absolute atomic E-state index is 11.8. The summed E-state index contributed by atoms with van der Waals surface area (Å²) in [5, 5.41) is 1.18. The Kier molecular flexibility index (Phi) is 3.30. The van der Waals surface area contributed by atoms with Gasteiger partial charge >= 0.3 is 12.1 Å². The van der Waals surface area contributed by atoms with E-state index < -0.39 is 11.7 Å². The molecule has 2 aliphatic heterocycles. The molecule has 2 aliphatic rings. The molecule has 1 saturated heterocycles. The van der Waals surface area contributed by atoms with Gasteiger partial charge < -0.3 is 9.47 Å². The molecule has 0 radical (unpaired) electrons. The number of hydroxylamine groups is 2. The highest BCUT2D eigenvalue weighted by molar-refractivity contribution is 5.86. The predicted molar refractivity (Wildman–Crippen MR) is 61.5 cm³/mol. The zero-order valence-electron chi connectivity index (χ0n) is 10.8. The second kappa shape index (κ2) is 4.61. The van der Waals surface area contributed by atoms with Crippen LogP contribution in [0.1, 0.15) is 27.2 Å². The highest BCUT2D eigenvalue weighted by Gasteiger charge is 2.33. The van der Waals surface area contributed by atoms with Crippen molar-refractivity contribution < 1.29 is 23.9 Å². The van der Waals surface area contributed by atoms with Crippen molar-refractivity contribution in [3.63, 3.8) is 0 Å². The molecule has 1 amide bonds. The van der Waals surface area contributed by atoms with Crippen molar-refractivity contribution in [3.8, 4) is 0 Å². The Morgan fingerprint density at radius 3 is 2.89 bits per heavy atom. The number of amides is 1. The number of carbonyl (C=O) groups is 2. The summed E-state index contributed by atoms with van der Waals surface area (Å²) in [6.07, 6.45) is 1.15. The van der Waals surface area contributed by atoms with Gasteiger partial charge in [-0.05, 0) is 20.8 Å². The van der Waals surface area contributed by atoms with E-state index in [0.29, 0.717) is 13.0 Å². The van der Waals surface area contributed by atoms with Crippen LogP contribution < -0.4 is 0 Å². The molecule has 100 valence electrons. The number of hydrogen-bond acceptors (Lipinski definition) is 5. The topological polar surface area (TPSA) is 65.1 Å². The highest BCUT2D eigenvalue weighted by Crippen LogP contribution is 2.23. The highest BCUT2D eigenvalue weighted by atomic mass is 16.7. The van der Waals surface area contributed by atoms with Crippen molar-refractivity contribution in [1.82, 2.24) is 5.06 Å². The first kappa shape index (κ1) is 12.9. The van der Waals surface area contributed by atoms with Crippen molar-refractivity contribution >= 4 is 12.1 Å². The third kappa shape index (κ3) is 3.01. The molecule has 0 aliphatic carbocycles. The molecule has 1 atom stereocenters. The van der Waals surface area contributed by atoms with Crippen molar-refractivity contribution in [3.05, 3.63) is 11.6 Å². The minimum Gasteiger partial charge on any atom is -0.454 e. The minimum absolute atomic E-state index is 0.176. The van der Waals surface area contributed by atoms with E-state index in [1.807, 2.05) is 0 Å². The smallest absolute Gasteiger partial charge is 0.434 e. The van der Waals surface area contributed by atoms with Crippen molar-refractivity contribution in [2.75, 3.05) is 13.2 Å². The van der Waals surface area contributed by atoms with E-state index in [-0.39, 0.29) is 18.7 Å². The molecule has 0 bridgehead atoms. The minimum atomic E-state index is -0.561. The molecule has 1 unspecified atom stereocenters. The third-order valence-electron chi connectivity index (χ3n) is 2.55. The fourth-order valence-corrected chi connectivity index (χ4v) is 1.78. The maximum Gasteiger partial charge on any atom is 0.434 e. The summed E-state index contributed by atoms with van der Waals surface area (Å²) in [6.45, 7) is 5.89. The fourth-order valence-electron chi connectivity index (χ4n) is 1.78. The van der Waals surface area contributed by atoms with E-state index in [9.17, 15) is 9.59 Å². The van der Waals surface area contributed by atoms with Crippen molar-refractivity contribution in [1.29, 1.82) is 0 Å². The average molecular weight is 255 g/mol. The van der Waals surface area contributed by atoms with Crippen LogP contribution in [0.15, 0.2) is 11.6 Å². The summed E-state index contributed by atoms with van der Waals surface area (Å²) < 4.78 is 10.3. The summed E-state index contributed by atoms with van der Waals surface area (Å²) in [6, 6.07) is 0. The number of fused-ring (bicyclic) bond motifs is 1. The molecule has 0 aromatic heterocycles. The Morgan fingerprint density at radius 2 is 2.22 bits per heavy atom. The first-order valence-electron chi connectivity index (χ1n) is 5.90. The second-order valence-electron chi connectivity index (χ2n) is 5.29. The van der Waals surface area contributed by atoms with Gasteiger partial charge in [0.25, 0.3) is 0 Å². The number of esters is 1.